The number of nitrogens with two attached hydrogens (primary N) is 1. The van der Waals surface area contributed by atoms with E-state index in [0.29, 0.717) is 27.9 Å². The molecule has 0 bridgehead atoms. The molecule has 0 aliphatic rings. The zero-order valence-corrected chi connectivity index (χ0v) is 19.8. The van der Waals surface area contributed by atoms with E-state index in [1.807, 2.05) is 0 Å². The molecule has 4 N–H and O–H groups in total. The van der Waals surface area contributed by atoms with Gasteiger partial charge in [0.15, 0.2) is 0 Å². The quantitative estimate of drug-likeness (QED) is 0.428. The number of carbonyl (C=O) groups excluding carboxylic acids is 1. The fraction of sp³-hybridized carbons (Fsp3) is 0.250. The number of sulfonamides is 1. The van der Waals surface area contributed by atoms with Crippen LogP contribution in [0.4, 0.5) is 4.39 Å². The van der Waals surface area contributed by atoms with E-state index < -0.39 is 21.8 Å². The summed E-state index contributed by atoms with van der Waals surface area (Å²) in [6.45, 7) is -0.202. The molecule has 0 saturated carbocycles. The molecule has 178 valence electrons. The van der Waals surface area contributed by atoms with Gasteiger partial charge in [0.2, 0.25) is 10.0 Å². The fourth-order valence-corrected chi connectivity index (χ4v) is 3.94. The summed E-state index contributed by atoms with van der Waals surface area (Å²) in [4.78, 5) is 12.4. The first-order valence-corrected chi connectivity index (χ1v) is 11.0. The third kappa shape index (κ3) is 5.30. The van der Waals surface area contributed by atoms with Crippen LogP contribution in [0.15, 0.2) is 47.1 Å². The van der Waals surface area contributed by atoms with Crippen molar-refractivity contribution in [1.29, 1.82) is 0 Å². The largest absolute Gasteiger partial charge is 0.496 e. The SMILES string of the molecule is CNC(=O)c1cc(-c2cc(S(=O)(=O)NC)ccc2OC)c2nnn(C/C(F)=C/CN)c2c1.Cl. The predicted octanol–water partition coefficient (Wildman–Crippen LogP) is 1.61. The van der Waals surface area contributed by atoms with Crippen molar-refractivity contribution in [3.8, 4) is 16.9 Å². The van der Waals surface area contributed by atoms with Crippen LogP contribution in [-0.4, -0.2) is 57.1 Å². The molecule has 3 rings (SSSR count). The lowest BCUT2D eigenvalue weighted by molar-refractivity contribution is 0.0963. The molecule has 33 heavy (non-hydrogen) atoms. The molecule has 0 saturated heterocycles. The molecule has 1 amide bonds. The molecule has 0 aliphatic heterocycles. The lowest BCUT2D eigenvalue weighted by Crippen LogP contribution is -2.19. The maximum Gasteiger partial charge on any atom is 0.251 e. The van der Waals surface area contributed by atoms with E-state index in [4.69, 9.17) is 10.5 Å². The number of nitrogens with one attached hydrogen (secondary N) is 2. The second-order valence-electron chi connectivity index (χ2n) is 6.67. The molecular formula is C20H24ClFN6O4S. The topological polar surface area (TPSA) is 141 Å². The van der Waals surface area contributed by atoms with Crippen LogP contribution in [0.5, 0.6) is 5.75 Å². The van der Waals surface area contributed by atoms with Crippen LogP contribution >= 0.6 is 12.4 Å². The van der Waals surface area contributed by atoms with Crippen LogP contribution in [0, 0.1) is 0 Å². The van der Waals surface area contributed by atoms with Gasteiger partial charge in [0.1, 0.15) is 17.1 Å². The first kappa shape index (κ1) is 26.2. The minimum atomic E-state index is -3.75. The molecule has 13 heteroatoms. The Balaban J connectivity index is 0.00000385. The first-order chi connectivity index (χ1) is 15.2. The molecule has 2 aromatic carbocycles. The number of benzene rings is 2. The Morgan fingerprint density at radius 3 is 2.58 bits per heavy atom. The van der Waals surface area contributed by atoms with Crippen molar-refractivity contribution >= 4 is 39.4 Å². The van der Waals surface area contributed by atoms with Crippen LogP contribution in [0.25, 0.3) is 22.2 Å². The Morgan fingerprint density at radius 1 is 1.24 bits per heavy atom. The van der Waals surface area contributed by atoms with E-state index >= 15 is 0 Å². The molecule has 0 spiro atoms. The molecule has 0 aliphatic carbocycles. The van der Waals surface area contributed by atoms with Gasteiger partial charge < -0.3 is 15.8 Å². The van der Waals surface area contributed by atoms with Gasteiger partial charge in [0.05, 0.1) is 24.1 Å². The van der Waals surface area contributed by atoms with Gasteiger partial charge in [-0.3, -0.25) is 4.79 Å². The summed E-state index contributed by atoms with van der Waals surface area (Å²) in [6, 6.07) is 7.42. The van der Waals surface area contributed by atoms with Crippen molar-refractivity contribution in [2.45, 2.75) is 11.4 Å². The first-order valence-electron chi connectivity index (χ1n) is 9.51. The number of fused-ring (bicyclic) bond motifs is 1. The number of amides is 1. The Bertz CT molecular complexity index is 1310. The maximum atomic E-state index is 14.1. The van der Waals surface area contributed by atoms with Gasteiger partial charge in [-0.2, -0.15) is 0 Å². The molecule has 1 heterocycles. The average Bonchev–Trinajstić information content (AvgIpc) is 3.20. The zero-order chi connectivity index (χ0) is 23.5. The Kier molecular flexibility index (Phi) is 8.50. The highest BCUT2D eigenvalue weighted by Gasteiger charge is 2.21. The Hall–Kier alpha value is -3.06. The molecule has 10 nitrogen and oxygen atoms in total. The van der Waals surface area contributed by atoms with E-state index in [2.05, 4.69) is 20.4 Å². The van der Waals surface area contributed by atoms with Crippen molar-refractivity contribution in [2.75, 3.05) is 27.7 Å². The summed E-state index contributed by atoms with van der Waals surface area (Å²) in [5, 5.41) is 10.7. The van der Waals surface area contributed by atoms with Gasteiger partial charge in [0, 0.05) is 30.3 Å². The average molecular weight is 499 g/mol. The molecule has 0 radical (unpaired) electrons. The van der Waals surface area contributed by atoms with Crippen LogP contribution < -0.4 is 20.5 Å². The number of nitrogens with zero attached hydrogens (tertiary/aromatic N) is 3. The van der Waals surface area contributed by atoms with E-state index in [1.165, 1.54) is 56.2 Å². The van der Waals surface area contributed by atoms with Crippen LogP contribution in [0.1, 0.15) is 10.4 Å². The lowest BCUT2D eigenvalue weighted by Gasteiger charge is -2.13. The summed E-state index contributed by atoms with van der Waals surface area (Å²) in [5.41, 5.74) is 7.12. The molecule has 0 unspecified atom stereocenters. The van der Waals surface area contributed by atoms with Crippen LogP contribution in [-0.2, 0) is 16.6 Å². The van der Waals surface area contributed by atoms with Crippen LogP contribution in [0.2, 0.25) is 0 Å². The zero-order valence-electron chi connectivity index (χ0n) is 18.1. The summed E-state index contributed by atoms with van der Waals surface area (Å²) in [5.74, 6) is -0.540. The number of ether oxygens (including phenoxy) is 1. The molecule has 1 aromatic heterocycles. The van der Waals surface area contributed by atoms with Gasteiger partial charge >= 0.3 is 0 Å². The minimum absolute atomic E-state index is 0. The highest BCUT2D eigenvalue weighted by molar-refractivity contribution is 7.89. The van der Waals surface area contributed by atoms with E-state index in [1.54, 1.807) is 6.07 Å². The summed E-state index contributed by atoms with van der Waals surface area (Å²) in [6.07, 6.45) is 1.21. The molecule has 0 fully saturated rings. The second-order valence-corrected chi connectivity index (χ2v) is 8.56. The Labute approximate surface area is 196 Å². The lowest BCUT2D eigenvalue weighted by atomic mass is 9.99. The van der Waals surface area contributed by atoms with E-state index in [0.717, 1.165) is 0 Å². The number of carbonyl (C=O) groups is 1. The van der Waals surface area contributed by atoms with E-state index in [9.17, 15) is 17.6 Å². The van der Waals surface area contributed by atoms with Crippen LogP contribution in [0.3, 0.4) is 0 Å². The summed E-state index contributed by atoms with van der Waals surface area (Å²) < 4.78 is 47.8. The highest BCUT2D eigenvalue weighted by atomic mass is 35.5. The Morgan fingerprint density at radius 2 is 1.97 bits per heavy atom. The van der Waals surface area contributed by atoms with Crippen molar-refractivity contribution in [3.63, 3.8) is 0 Å². The van der Waals surface area contributed by atoms with Crippen molar-refractivity contribution in [1.82, 2.24) is 25.0 Å². The van der Waals surface area contributed by atoms with Gasteiger partial charge in [0.25, 0.3) is 5.91 Å². The fourth-order valence-electron chi connectivity index (χ4n) is 3.18. The van der Waals surface area contributed by atoms with E-state index in [-0.39, 0.29) is 36.0 Å². The smallest absolute Gasteiger partial charge is 0.251 e. The second kappa shape index (κ2) is 10.7. The highest BCUT2D eigenvalue weighted by Crippen LogP contribution is 2.37. The number of rotatable bonds is 8. The number of halogens is 2. The van der Waals surface area contributed by atoms with Gasteiger partial charge in [-0.1, -0.05) is 5.21 Å². The summed E-state index contributed by atoms with van der Waals surface area (Å²) in [7, 11) is 0.472. The van der Waals surface area contributed by atoms with Crippen molar-refractivity contribution < 1.29 is 22.3 Å². The monoisotopic (exact) mass is 498 g/mol. The molecule has 0 atom stereocenters. The van der Waals surface area contributed by atoms with Gasteiger partial charge in [-0.05, 0) is 43.5 Å². The molecule has 3 aromatic rings. The minimum Gasteiger partial charge on any atom is -0.496 e. The number of hydrogen-bond acceptors (Lipinski definition) is 7. The number of aromatic nitrogens is 3. The predicted molar refractivity (Wildman–Crippen MR) is 125 cm³/mol. The van der Waals surface area contributed by atoms with Gasteiger partial charge in [-0.15, -0.1) is 17.5 Å². The normalized spacial score (nSPS) is 11.8. The third-order valence-corrected chi connectivity index (χ3v) is 6.20. The van der Waals surface area contributed by atoms with Crippen molar-refractivity contribution in [2.24, 2.45) is 5.73 Å². The number of hydrogen-bond donors (Lipinski definition) is 3. The standard InChI is InChI=1S/C20H23FN6O4S.ClH/c1-23-20(28)12-8-16(15-10-14(32(29,30)24-2)4-5-18(15)31-3)19-17(9-12)27(26-25-19)11-13(21)6-7-22;/h4-6,8-10,24H,7,11,22H2,1-3H3,(H,23,28);1H/b13-6-;. The molecular weight excluding hydrogens is 475 g/mol. The summed E-state index contributed by atoms with van der Waals surface area (Å²) >= 11 is 0. The maximum absolute atomic E-state index is 14.1. The van der Waals surface area contributed by atoms with Gasteiger partial charge in [-0.25, -0.2) is 22.2 Å². The third-order valence-electron chi connectivity index (χ3n) is 4.79. The van der Waals surface area contributed by atoms with Crippen molar-refractivity contribution in [3.05, 3.63) is 47.8 Å². The number of methoxy groups -OCH3 is 1. The number of allylic oxidation sites excluding steroid dienone is 1.